The average molecular weight is 409 g/mol. The molecule has 0 aliphatic carbocycles. The Bertz CT molecular complexity index is 849. The fourth-order valence-electron chi connectivity index (χ4n) is 1.90. The number of nitrogens with one attached hydrogen (secondary N) is 1. The van der Waals surface area contributed by atoms with E-state index in [4.69, 9.17) is 5.73 Å². The lowest BCUT2D eigenvalue weighted by atomic mass is 10.2. The Morgan fingerprint density at radius 3 is 2.29 bits per heavy atom. The number of nitrogens with two attached hydrogens (primary N) is 1. The van der Waals surface area contributed by atoms with Gasteiger partial charge in [0.2, 0.25) is 0 Å². The van der Waals surface area contributed by atoms with Gasteiger partial charge < -0.3 is 11.1 Å². The van der Waals surface area contributed by atoms with Gasteiger partial charge in [-0.05, 0) is 26.0 Å². The van der Waals surface area contributed by atoms with Gasteiger partial charge >= 0.3 is 0 Å². The van der Waals surface area contributed by atoms with Gasteiger partial charge in [0.25, 0.3) is 5.91 Å². The molecule has 0 saturated heterocycles. The number of nitrogens with zero attached hydrogens (tertiary/aromatic N) is 2. The van der Waals surface area contributed by atoms with Gasteiger partial charge in [-0.1, -0.05) is 49.7 Å². The summed E-state index contributed by atoms with van der Waals surface area (Å²) in [5.74, 6) is -2.10. The number of hydrogen-bond donors (Lipinski definition) is 2. The first-order chi connectivity index (χ1) is 13.3. The predicted octanol–water partition coefficient (Wildman–Crippen LogP) is 5.20. The van der Waals surface area contributed by atoms with Crippen molar-refractivity contribution in [1.29, 1.82) is 0 Å². The molecule has 1 aromatic carbocycles. The Hall–Kier alpha value is -2.61. The van der Waals surface area contributed by atoms with Crippen LogP contribution in [0.2, 0.25) is 0 Å². The summed E-state index contributed by atoms with van der Waals surface area (Å²) in [4.78, 5) is 20.2. The fourth-order valence-corrected chi connectivity index (χ4v) is 2.78. The van der Waals surface area contributed by atoms with Crippen LogP contribution in [-0.4, -0.2) is 24.2 Å². The van der Waals surface area contributed by atoms with E-state index in [2.05, 4.69) is 29.1 Å². The van der Waals surface area contributed by atoms with Crippen LogP contribution >= 0.6 is 11.3 Å². The number of amides is 1. The van der Waals surface area contributed by atoms with Crippen LogP contribution in [0.15, 0.2) is 34.5 Å². The molecule has 0 radical (unpaired) electrons. The summed E-state index contributed by atoms with van der Waals surface area (Å²) < 4.78 is 27.7. The van der Waals surface area contributed by atoms with E-state index in [1.54, 1.807) is 7.05 Å². The van der Waals surface area contributed by atoms with Crippen LogP contribution in [0.3, 0.4) is 0 Å². The smallest absolute Gasteiger partial charge is 0.277 e. The molecule has 1 aromatic heterocycles. The number of anilines is 1. The van der Waals surface area contributed by atoms with E-state index in [0.29, 0.717) is 5.70 Å². The molecule has 2 aromatic rings. The third kappa shape index (κ3) is 6.23. The van der Waals surface area contributed by atoms with Crippen molar-refractivity contribution in [2.45, 2.75) is 40.5 Å². The Balaban J connectivity index is 0.000000892. The van der Waals surface area contributed by atoms with Gasteiger partial charge in [0, 0.05) is 13.3 Å². The van der Waals surface area contributed by atoms with E-state index in [9.17, 15) is 13.6 Å². The molecular weight excluding hydrogens is 382 g/mol. The lowest BCUT2D eigenvalue weighted by Gasteiger charge is -2.06. The van der Waals surface area contributed by atoms with Crippen molar-refractivity contribution in [3.8, 4) is 10.6 Å². The highest BCUT2D eigenvalue weighted by molar-refractivity contribution is 7.19. The molecule has 2 rings (SSSR count). The van der Waals surface area contributed by atoms with Crippen LogP contribution in [0.4, 0.5) is 13.8 Å². The van der Waals surface area contributed by atoms with Crippen molar-refractivity contribution in [3.63, 3.8) is 0 Å². The summed E-state index contributed by atoms with van der Waals surface area (Å²) in [5, 5.41) is 2.72. The maximum Gasteiger partial charge on any atom is 0.277 e. The molecule has 0 unspecified atom stereocenters. The summed E-state index contributed by atoms with van der Waals surface area (Å²) in [6.45, 7) is 7.98. The number of carbonyl (C=O) groups excluding carboxylic acids is 1. The Labute approximate surface area is 168 Å². The van der Waals surface area contributed by atoms with Crippen LogP contribution in [0.5, 0.6) is 0 Å². The summed E-state index contributed by atoms with van der Waals surface area (Å²) in [5.41, 5.74) is 6.77. The van der Waals surface area contributed by atoms with Gasteiger partial charge in [-0.15, -0.1) is 0 Å². The monoisotopic (exact) mass is 408 g/mol. The van der Waals surface area contributed by atoms with E-state index in [-0.39, 0.29) is 21.3 Å². The molecule has 1 amide bonds. The average Bonchev–Trinajstić information content (AvgIpc) is 3.02. The van der Waals surface area contributed by atoms with Gasteiger partial charge in [-0.25, -0.2) is 13.8 Å². The lowest BCUT2D eigenvalue weighted by molar-refractivity contribution is 0.0964. The second-order valence-corrected chi connectivity index (χ2v) is 7.11. The normalized spacial score (nSPS) is 10.4. The molecule has 5 nitrogen and oxygen atoms in total. The summed E-state index contributed by atoms with van der Waals surface area (Å²) in [7, 11) is 1.57. The third-order valence-electron chi connectivity index (χ3n) is 3.59. The molecule has 0 fully saturated rings. The largest absolute Gasteiger partial charge is 0.389 e. The van der Waals surface area contributed by atoms with Gasteiger partial charge in [0.1, 0.15) is 21.6 Å². The zero-order valence-electron chi connectivity index (χ0n) is 16.8. The number of halogens is 2. The van der Waals surface area contributed by atoms with E-state index >= 15 is 0 Å². The highest BCUT2D eigenvalue weighted by Crippen LogP contribution is 2.33. The number of aromatic nitrogens is 1. The van der Waals surface area contributed by atoms with Crippen molar-refractivity contribution in [3.05, 3.63) is 46.8 Å². The van der Waals surface area contributed by atoms with Crippen molar-refractivity contribution in [2.75, 3.05) is 12.8 Å². The van der Waals surface area contributed by atoms with Crippen LogP contribution in [0, 0.1) is 11.6 Å². The maximum atomic E-state index is 13.9. The molecule has 3 N–H and O–H groups in total. The van der Waals surface area contributed by atoms with Gasteiger partial charge in [0.15, 0.2) is 5.69 Å². The molecule has 0 aliphatic rings. The first kappa shape index (κ1) is 23.4. The molecule has 0 aliphatic heterocycles. The van der Waals surface area contributed by atoms with Gasteiger partial charge in [0.05, 0.1) is 11.3 Å². The second kappa shape index (κ2) is 11.3. The number of aliphatic imine (C=N–C) groups is 1. The maximum absolute atomic E-state index is 13.9. The first-order valence-electron chi connectivity index (χ1n) is 8.88. The molecule has 152 valence electrons. The topological polar surface area (TPSA) is 80.4 Å². The van der Waals surface area contributed by atoms with Gasteiger partial charge in [-0.2, -0.15) is 0 Å². The predicted molar refractivity (Wildman–Crippen MR) is 113 cm³/mol. The number of carbonyl (C=O) groups is 1. The van der Waals surface area contributed by atoms with Crippen LogP contribution in [-0.2, 0) is 0 Å². The van der Waals surface area contributed by atoms with E-state index in [1.807, 2.05) is 13.8 Å². The number of allylic oxidation sites excluding steroid dienone is 2. The number of rotatable bonds is 5. The molecule has 0 atom stereocenters. The Morgan fingerprint density at radius 1 is 1.25 bits per heavy atom. The molecule has 0 bridgehead atoms. The summed E-state index contributed by atoms with van der Waals surface area (Å²) in [6, 6.07) is 3.49. The molecule has 0 saturated carbocycles. The highest BCUT2D eigenvalue weighted by atomic mass is 32.1. The SMILES string of the molecule is CCCC.CN=CC(NC(=O)c1nc(-c2c(F)cccc2F)sc1N)=C(C)C. The lowest BCUT2D eigenvalue weighted by Crippen LogP contribution is -2.25. The molecule has 8 heteroatoms. The number of hydrogen-bond acceptors (Lipinski definition) is 5. The third-order valence-corrected chi connectivity index (χ3v) is 4.49. The Morgan fingerprint density at radius 2 is 1.82 bits per heavy atom. The molecule has 28 heavy (non-hydrogen) atoms. The standard InChI is InChI=1S/C16H16F2N4OS.C4H10/c1-8(2)11(7-20-3)21-15(23)13-14(19)24-16(22-13)12-9(17)5-4-6-10(12)18;1-3-4-2/h4-7H,19H2,1-3H3,(H,21,23);3-4H2,1-2H3. The minimum absolute atomic E-state index is 0.0103. The molecule has 0 spiro atoms. The molecule has 1 heterocycles. The van der Waals surface area contributed by atoms with E-state index in [0.717, 1.165) is 29.0 Å². The first-order valence-corrected chi connectivity index (χ1v) is 9.70. The fraction of sp³-hybridized carbons (Fsp3) is 0.350. The van der Waals surface area contributed by atoms with Crippen molar-refractivity contribution < 1.29 is 13.6 Å². The van der Waals surface area contributed by atoms with Gasteiger partial charge in [-0.3, -0.25) is 9.79 Å². The van der Waals surface area contributed by atoms with E-state index in [1.165, 1.54) is 25.1 Å². The van der Waals surface area contributed by atoms with Crippen molar-refractivity contribution >= 4 is 28.5 Å². The summed E-state index contributed by atoms with van der Waals surface area (Å²) in [6.07, 6.45) is 4.13. The number of benzene rings is 1. The quantitative estimate of drug-likeness (QED) is 0.667. The zero-order chi connectivity index (χ0) is 21.3. The van der Waals surface area contributed by atoms with Crippen molar-refractivity contribution in [1.82, 2.24) is 10.3 Å². The summed E-state index contributed by atoms with van der Waals surface area (Å²) >= 11 is 0.849. The van der Waals surface area contributed by atoms with Crippen molar-refractivity contribution in [2.24, 2.45) is 4.99 Å². The minimum atomic E-state index is -0.765. The minimum Gasteiger partial charge on any atom is -0.389 e. The Kier molecular flexibility index (Phi) is 9.44. The second-order valence-electron chi connectivity index (χ2n) is 6.08. The zero-order valence-corrected chi connectivity index (χ0v) is 17.6. The van der Waals surface area contributed by atoms with Crippen LogP contribution < -0.4 is 11.1 Å². The van der Waals surface area contributed by atoms with E-state index < -0.39 is 17.5 Å². The molecular formula is C20H26F2N4OS. The number of nitrogen functional groups attached to an aromatic ring is 1. The van der Waals surface area contributed by atoms with Crippen LogP contribution in [0.1, 0.15) is 51.0 Å². The van der Waals surface area contributed by atoms with Crippen LogP contribution in [0.25, 0.3) is 10.6 Å². The highest BCUT2D eigenvalue weighted by Gasteiger charge is 2.21. The number of thiazole rings is 1. The number of unbranched alkanes of at least 4 members (excludes halogenated alkanes) is 1.